The number of hydrogen-bond donors (Lipinski definition) is 0. The van der Waals surface area contributed by atoms with Crippen molar-refractivity contribution in [1.29, 1.82) is 0 Å². The molecule has 0 aliphatic rings. The Balaban J connectivity index is 2.56. The first-order valence-corrected chi connectivity index (χ1v) is 5.99. The van der Waals surface area contributed by atoms with E-state index in [1.54, 1.807) is 18.2 Å². The van der Waals surface area contributed by atoms with Gasteiger partial charge in [-0.2, -0.15) is 13.2 Å². The summed E-state index contributed by atoms with van der Waals surface area (Å²) in [5, 5.41) is 0.925. The maximum Gasteiger partial charge on any atom is 0.395 e. The van der Waals surface area contributed by atoms with Gasteiger partial charge in [0.2, 0.25) is 0 Å². The van der Waals surface area contributed by atoms with Crippen molar-refractivity contribution in [2.24, 2.45) is 7.05 Å². The molecule has 1 heterocycles. The van der Waals surface area contributed by atoms with Crippen LogP contribution in [0.3, 0.4) is 0 Å². The third-order valence-electron chi connectivity index (χ3n) is 3.47. The van der Waals surface area contributed by atoms with Crippen LogP contribution in [0.2, 0.25) is 0 Å². The summed E-state index contributed by atoms with van der Waals surface area (Å²) in [4.78, 5) is 0. The Morgan fingerprint density at radius 1 is 1.28 bits per heavy atom. The SMILES string of the molecule is CCc1cn(C)c2ccc(C(C)C(F)(F)F)cc12. The van der Waals surface area contributed by atoms with Gasteiger partial charge >= 0.3 is 6.18 Å². The van der Waals surface area contributed by atoms with Crippen LogP contribution in [0, 0.1) is 0 Å². The minimum Gasteiger partial charge on any atom is -0.350 e. The second-order valence-electron chi connectivity index (χ2n) is 4.66. The van der Waals surface area contributed by atoms with Gasteiger partial charge in [-0.05, 0) is 36.6 Å². The Labute approximate surface area is 104 Å². The Morgan fingerprint density at radius 3 is 2.50 bits per heavy atom. The van der Waals surface area contributed by atoms with Gasteiger partial charge in [-0.1, -0.05) is 13.0 Å². The largest absolute Gasteiger partial charge is 0.395 e. The zero-order valence-electron chi connectivity index (χ0n) is 10.7. The van der Waals surface area contributed by atoms with Crippen LogP contribution < -0.4 is 0 Å². The number of fused-ring (bicyclic) bond motifs is 1. The van der Waals surface area contributed by atoms with Crippen LogP contribution in [0.25, 0.3) is 10.9 Å². The van der Waals surface area contributed by atoms with E-state index in [0.717, 1.165) is 22.9 Å². The molecule has 2 rings (SSSR count). The number of rotatable bonds is 2. The van der Waals surface area contributed by atoms with E-state index in [1.165, 1.54) is 6.92 Å². The fraction of sp³-hybridized carbons (Fsp3) is 0.429. The fourth-order valence-electron chi connectivity index (χ4n) is 2.23. The predicted molar refractivity (Wildman–Crippen MR) is 66.8 cm³/mol. The highest BCUT2D eigenvalue weighted by molar-refractivity contribution is 5.84. The van der Waals surface area contributed by atoms with Crippen molar-refractivity contribution >= 4 is 10.9 Å². The Bertz CT molecular complexity index is 566. The van der Waals surface area contributed by atoms with Gasteiger partial charge in [-0.25, -0.2) is 0 Å². The summed E-state index contributed by atoms with van der Waals surface area (Å²) in [6, 6.07) is 5.01. The van der Waals surface area contributed by atoms with E-state index in [1.807, 2.05) is 24.7 Å². The fourth-order valence-corrected chi connectivity index (χ4v) is 2.23. The number of nitrogens with zero attached hydrogens (tertiary/aromatic N) is 1. The molecule has 0 aliphatic carbocycles. The first-order valence-electron chi connectivity index (χ1n) is 5.99. The van der Waals surface area contributed by atoms with Gasteiger partial charge in [0.15, 0.2) is 0 Å². The van der Waals surface area contributed by atoms with Crippen LogP contribution >= 0.6 is 0 Å². The van der Waals surface area contributed by atoms with E-state index >= 15 is 0 Å². The lowest BCUT2D eigenvalue weighted by atomic mass is 9.98. The Kier molecular flexibility index (Phi) is 3.13. The molecular formula is C14H16F3N. The predicted octanol–water partition coefficient (Wildman–Crippen LogP) is 4.41. The molecule has 0 spiro atoms. The highest BCUT2D eigenvalue weighted by Gasteiger charge is 2.37. The lowest BCUT2D eigenvalue weighted by Crippen LogP contribution is -2.17. The lowest BCUT2D eigenvalue weighted by molar-refractivity contribution is -0.146. The van der Waals surface area contributed by atoms with Crippen LogP contribution in [0.1, 0.15) is 30.9 Å². The number of hydrogen-bond acceptors (Lipinski definition) is 0. The minimum atomic E-state index is -4.19. The summed E-state index contributed by atoms with van der Waals surface area (Å²) >= 11 is 0. The Morgan fingerprint density at radius 2 is 1.94 bits per heavy atom. The van der Waals surface area contributed by atoms with E-state index in [0.29, 0.717) is 5.56 Å². The van der Waals surface area contributed by atoms with Gasteiger partial charge in [0.25, 0.3) is 0 Å². The molecule has 0 N–H and O–H groups in total. The molecule has 0 saturated heterocycles. The molecule has 1 aromatic carbocycles. The van der Waals surface area contributed by atoms with Gasteiger partial charge in [0.05, 0.1) is 5.92 Å². The van der Waals surface area contributed by atoms with E-state index in [2.05, 4.69) is 0 Å². The standard InChI is InChI=1S/C14H16F3N/c1-4-10-8-18(3)13-6-5-11(7-12(10)13)9(2)14(15,16)17/h5-9H,4H2,1-3H3. The summed E-state index contributed by atoms with van der Waals surface area (Å²) < 4.78 is 40.1. The minimum absolute atomic E-state index is 0.330. The first kappa shape index (κ1) is 13.0. The number of benzene rings is 1. The second kappa shape index (κ2) is 4.34. The van der Waals surface area contributed by atoms with Crippen molar-refractivity contribution in [3.05, 3.63) is 35.5 Å². The molecule has 0 aliphatic heterocycles. The van der Waals surface area contributed by atoms with Crippen molar-refractivity contribution in [3.8, 4) is 0 Å². The van der Waals surface area contributed by atoms with Crippen LogP contribution in [0.4, 0.5) is 13.2 Å². The second-order valence-corrected chi connectivity index (χ2v) is 4.66. The van der Waals surface area contributed by atoms with Crippen molar-refractivity contribution in [3.63, 3.8) is 0 Å². The Hall–Kier alpha value is -1.45. The van der Waals surface area contributed by atoms with E-state index < -0.39 is 12.1 Å². The van der Waals surface area contributed by atoms with Crippen LogP contribution in [0.15, 0.2) is 24.4 Å². The van der Waals surface area contributed by atoms with Gasteiger partial charge in [0.1, 0.15) is 0 Å². The molecule has 0 fully saturated rings. The quantitative estimate of drug-likeness (QED) is 0.749. The molecule has 0 saturated carbocycles. The normalized spacial score (nSPS) is 14.1. The van der Waals surface area contributed by atoms with Crippen LogP contribution in [-0.4, -0.2) is 10.7 Å². The molecule has 0 bridgehead atoms. The first-order chi connectivity index (χ1) is 8.34. The molecule has 2 aromatic rings. The van der Waals surface area contributed by atoms with E-state index in [4.69, 9.17) is 0 Å². The topological polar surface area (TPSA) is 4.93 Å². The molecule has 0 amide bonds. The number of aryl methyl sites for hydroxylation is 2. The molecular weight excluding hydrogens is 239 g/mol. The highest BCUT2D eigenvalue weighted by Crippen LogP contribution is 2.36. The molecule has 98 valence electrons. The summed E-state index contributed by atoms with van der Waals surface area (Å²) in [5.41, 5.74) is 2.39. The third-order valence-corrected chi connectivity index (χ3v) is 3.47. The average Bonchev–Trinajstić information content (AvgIpc) is 2.63. The summed E-state index contributed by atoms with van der Waals surface area (Å²) in [5.74, 6) is -1.42. The monoisotopic (exact) mass is 255 g/mol. The van der Waals surface area contributed by atoms with Crippen molar-refractivity contribution < 1.29 is 13.2 Å². The zero-order chi connectivity index (χ0) is 13.5. The van der Waals surface area contributed by atoms with Crippen molar-refractivity contribution in [2.45, 2.75) is 32.4 Å². The summed E-state index contributed by atoms with van der Waals surface area (Å²) in [7, 11) is 1.91. The lowest BCUT2D eigenvalue weighted by Gasteiger charge is -2.16. The van der Waals surface area contributed by atoms with Gasteiger partial charge < -0.3 is 4.57 Å². The van der Waals surface area contributed by atoms with Gasteiger partial charge in [-0.15, -0.1) is 0 Å². The zero-order valence-corrected chi connectivity index (χ0v) is 10.7. The number of aromatic nitrogens is 1. The molecule has 4 heteroatoms. The average molecular weight is 255 g/mol. The molecule has 18 heavy (non-hydrogen) atoms. The molecule has 1 nitrogen and oxygen atoms in total. The van der Waals surface area contributed by atoms with E-state index in [-0.39, 0.29) is 0 Å². The molecule has 1 unspecified atom stereocenters. The smallest absolute Gasteiger partial charge is 0.350 e. The highest BCUT2D eigenvalue weighted by atomic mass is 19.4. The molecule has 1 aromatic heterocycles. The molecule has 1 atom stereocenters. The summed E-state index contributed by atoms with van der Waals surface area (Å²) in [6.45, 7) is 3.21. The molecule has 0 radical (unpaired) electrons. The maximum absolute atomic E-state index is 12.7. The maximum atomic E-state index is 12.7. The summed E-state index contributed by atoms with van der Waals surface area (Å²) in [6.07, 6.45) is -1.39. The van der Waals surface area contributed by atoms with Gasteiger partial charge in [-0.3, -0.25) is 0 Å². The van der Waals surface area contributed by atoms with Crippen molar-refractivity contribution in [2.75, 3.05) is 0 Å². The third kappa shape index (κ3) is 2.11. The number of alkyl halides is 3. The van der Waals surface area contributed by atoms with Gasteiger partial charge in [0, 0.05) is 24.1 Å². The van der Waals surface area contributed by atoms with Crippen molar-refractivity contribution in [1.82, 2.24) is 4.57 Å². The van der Waals surface area contributed by atoms with Crippen LogP contribution in [-0.2, 0) is 13.5 Å². The van der Waals surface area contributed by atoms with E-state index in [9.17, 15) is 13.2 Å². The number of halogens is 3. The van der Waals surface area contributed by atoms with Crippen LogP contribution in [0.5, 0.6) is 0 Å².